The monoisotopic (exact) mass is 249 g/mol. The van der Waals surface area contributed by atoms with Crippen molar-refractivity contribution in [3.8, 4) is 5.75 Å². The number of hydrogen-bond donors (Lipinski definition) is 1. The highest BCUT2D eigenvalue weighted by Gasteiger charge is 2.24. The lowest BCUT2D eigenvalue weighted by Gasteiger charge is -2.37. The zero-order valence-electron chi connectivity index (χ0n) is 11.1. The number of hydrogen-bond acceptors (Lipinski definition) is 3. The molecule has 1 saturated carbocycles. The summed E-state index contributed by atoms with van der Waals surface area (Å²) in [6.45, 7) is 4.67. The van der Waals surface area contributed by atoms with Crippen molar-refractivity contribution >= 4 is 0 Å². The third-order valence-electron chi connectivity index (χ3n) is 3.65. The number of rotatable bonds is 7. The van der Waals surface area contributed by atoms with Crippen molar-refractivity contribution in [2.24, 2.45) is 0 Å². The van der Waals surface area contributed by atoms with Crippen molar-refractivity contribution in [2.45, 2.75) is 32.2 Å². The Morgan fingerprint density at radius 1 is 1.22 bits per heavy atom. The Labute approximate surface area is 109 Å². The Bertz CT molecular complexity index is 346. The predicted octanol–water partition coefficient (Wildman–Crippen LogP) is 2.22. The highest BCUT2D eigenvalue weighted by atomic mass is 16.5. The summed E-state index contributed by atoms with van der Waals surface area (Å²) in [5.41, 5.74) is 1.25. The minimum atomic E-state index is 0.237. The molecule has 0 spiro atoms. The van der Waals surface area contributed by atoms with E-state index < -0.39 is 0 Å². The molecular formula is C15H23NO2. The summed E-state index contributed by atoms with van der Waals surface area (Å²) in [4.78, 5) is 2.34. The molecule has 0 radical (unpaired) electrons. The lowest BCUT2D eigenvalue weighted by Crippen LogP contribution is -2.43. The van der Waals surface area contributed by atoms with Crippen LogP contribution >= 0.6 is 0 Å². The molecule has 18 heavy (non-hydrogen) atoms. The highest BCUT2D eigenvalue weighted by molar-refractivity contribution is 5.26. The maximum absolute atomic E-state index is 9.07. The van der Waals surface area contributed by atoms with Crippen LogP contribution in [0.4, 0.5) is 0 Å². The number of aryl methyl sites for hydroxylation is 1. The smallest absolute Gasteiger partial charge is 0.119 e. The number of nitrogens with zero attached hydrogens (tertiary/aromatic N) is 1. The highest BCUT2D eigenvalue weighted by Crippen LogP contribution is 2.24. The molecule has 0 amide bonds. The largest absolute Gasteiger partial charge is 0.492 e. The summed E-state index contributed by atoms with van der Waals surface area (Å²) in [6.07, 6.45) is 3.86. The molecule has 0 bridgehead atoms. The van der Waals surface area contributed by atoms with Gasteiger partial charge in [0, 0.05) is 19.1 Å². The van der Waals surface area contributed by atoms with E-state index in [4.69, 9.17) is 9.84 Å². The number of aliphatic hydroxyl groups is 1. The first-order valence-electron chi connectivity index (χ1n) is 6.84. The molecule has 2 rings (SSSR count). The van der Waals surface area contributed by atoms with E-state index in [9.17, 15) is 0 Å². The second-order valence-corrected chi connectivity index (χ2v) is 5.01. The van der Waals surface area contributed by atoms with Gasteiger partial charge < -0.3 is 9.84 Å². The van der Waals surface area contributed by atoms with Crippen LogP contribution in [0.25, 0.3) is 0 Å². The van der Waals surface area contributed by atoms with Crippen LogP contribution in [0, 0.1) is 6.92 Å². The minimum Gasteiger partial charge on any atom is -0.492 e. The fraction of sp³-hybridized carbons (Fsp3) is 0.600. The van der Waals surface area contributed by atoms with Gasteiger partial charge in [-0.3, -0.25) is 4.90 Å². The predicted molar refractivity (Wildman–Crippen MR) is 73.0 cm³/mol. The lowest BCUT2D eigenvalue weighted by atomic mass is 9.91. The van der Waals surface area contributed by atoms with E-state index in [2.05, 4.69) is 24.0 Å². The average Bonchev–Trinajstić information content (AvgIpc) is 2.30. The molecule has 1 aliphatic carbocycles. The van der Waals surface area contributed by atoms with Gasteiger partial charge in [0.15, 0.2) is 0 Å². The Kier molecular flexibility index (Phi) is 5.02. The van der Waals surface area contributed by atoms with Crippen LogP contribution in [0.1, 0.15) is 24.8 Å². The van der Waals surface area contributed by atoms with Gasteiger partial charge in [0.1, 0.15) is 12.4 Å². The molecule has 0 heterocycles. The molecule has 0 aliphatic heterocycles. The molecule has 0 atom stereocenters. The molecule has 1 fully saturated rings. The zero-order valence-corrected chi connectivity index (χ0v) is 11.1. The fourth-order valence-corrected chi connectivity index (χ4v) is 2.27. The Morgan fingerprint density at radius 2 is 1.94 bits per heavy atom. The standard InChI is InChI=1S/C15H23NO2/c1-13-5-7-15(8-6-13)18-12-10-16(9-11-17)14-3-2-4-14/h5-8,14,17H,2-4,9-12H2,1H3. The maximum Gasteiger partial charge on any atom is 0.119 e. The summed E-state index contributed by atoms with van der Waals surface area (Å²) in [5, 5.41) is 9.07. The first kappa shape index (κ1) is 13.4. The van der Waals surface area contributed by atoms with Crippen LogP contribution in [-0.2, 0) is 0 Å². The van der Waals surface area contributed by atoms with E-state index in [0.29, 0.717) is 12.6 Å². The SMILES string of the molecule is Cc1ccc(OCCN(CCO)C2CCC2)cc1. The third-order valence-corrected chi connectivity index (χ3v) is 3.65. The molecule has 100 valence electrons. The van der Waals surface area contributed by atoms with Crippen LogP contribution in [0.5, 0.6) is 5.75 Å². The van der Waals surface area contributed by atoms with E-state index in [1.54, 1.807) is 0 Å². The second kappa shape index (κ2) is 6.76. The third kappa shape index (κ3) is 3.72. The lowest BCUT2D eigenvalue weighted by molar-refractivity contribution is 0.0860. The van der Waals surface area contributed by atoms with Crippen molar-refractivity contribution in [3.05, 3.63) is 29.8 Å². The summed E-state index contributed by atoms with van der Waals surface area (Å²) in [5.74, 6) is 0.929. The van der Waals surface area contributed by atoms with Gasteiger partial charge in [0.2, 0.25) is 0 Å². The van der Waals surface area contributed by atoms with Crippen LogP contribution < -0.4 is 4.74 Å². The normalized spacial score (nSPS) is 15.7. The molecule has 3 nitrogen and oxygen atoms in total. The molecule has 0 unspecified atom stereocenters. The molecule has 1 aromatic rings. The fourth-order valence-electron chi connectivity index (χ4n) is 2.27. The van der Waals surface area contributed by atoms with Gasteiger partial charge in [0.25, 0.3) is 0 Å². The number of aliphatic hydroxyl groups excluding tert-OH is 1. The van der Waals surface area contributed by atoms with Gasteiger partial charge in [-0.05, 0) is 31.9 Å². The van der Waals surface area contributed by atoms with Crippen molar-refractivity contribution in [1.29, 1.82) is 0 Å². The van der Waals surface area contributed by atoms with E-state index in [-0.39, 0.29) is 6.61 Å². The van der Waals surface area contributed by atoms with Crippen molar-refractivity contribution in [3.63, 3.8) is 0 Å². The second-order valence-electron chi connectivity index (χ2n) is 5.01. The van der Waals surface area contributed by atoms with E-state index in [0.717, 1.165) is 18.8 Å². The van der Waals surface area contributed by atoms with Crippen molar-refractivity contribution < 1.29 is 9.84 Å². The Balaban J connectivity index is 1.73. The Morgan fingerprint density at radius 3 is 2.50 bits per heavy atom. The van der Waals surface area contributed by atoms with E-state index >= 15 is 0 Å². The molecule has 0 aromatic heterocycles. The molecule has 3 heteroatoms. The van der Waals surface area contributed by atoms with E-state index in [1.807, 2.05) is 12.1 Å². The van der Waals surface area contributed by atoms with Gasteiger partial charge in [-0.15, -0.1) is 0 Å². The van der Waals surface area contributed by atoms with Gasteiger partial charge >= 0.3 is 0 Å². The molecule has 1 aromatic carbocycles. The molecule has 1 N–H and O–H groups in total. The first-order chi connectivity index (χ1) is 8.79. The van der Waals surface area contributed by atoms with Gasteiger partial charge in [-0.2, -0.15) is 0 Å². The van der Waals surface area contributed by atoms with Crippen molar-refractivity contribution in [2.75, 3.05) is 26.3 Å². The van der Waals surface area contributed by atoms with Crippen LogP contribution in [-0.4, -0.2) is 42.4 Å². The summed E-state index contributed by atoms with van der Waals surface area (Å²) in [7, 11) is 0. The van der Waals surface area contributed by atoms with Gasteiger partial charge in [-0.1, -0.05) is 24.1 Å². The molecular weight excluding hydrogens is 226 g/mol. The van der Waals surface area contributed by atoms with Crippen LogP contribution in [0.15, 0.2) is 24.3 Å². The number of ether oxygens (including phenoxy) is 1. The van der Waals surface area contributed by atoms with Gasteiger partial charge in [-0.25, -0.2) is 0 Å². The van der Waals surface area contributed by atoms with E-state index in [1.165, 1.54) is 24.8 Å². The summed E-state index contributed by atoms with van der Waals surface area (Å²) in [6, 6.07) is 8.81. The minimum absolute atomic E-state index is 0.237. The van der Waals surface area contributed by atoms with Crippen molar-refractivity contribution in [1.82, 2.24) is 4.90 Å². The average molecular weight is 249 g/mol. The van der Waals surface area contributed by atoms with Crippen LogP contribution in [0.2, 0.25) is 0 Å². The number of benzene rings is 1. The Hall–Kier alpha value is -1.06. The molecule has 0 saturated heterocycles. The summed E-state index contributed by atoms with van der Waals surface area (Å²) < 4.78 is 5.73. The van der Waals surface area contributed by atoms with Gasteiger partial charge in [0.05, 0.1) is 6.61 Å². The summed E-state index contributed by atoms with van der Waals surface area (Å²) >= 11 is 0. The quantitative estimate of drug-likeness (QED) is 0.804. The topological polar surface area (TPSA) is 32.7 Å². The van der Waals surface area contributed by atoms with Crippen LogP contribution in [0.3, 0.4) is 0 Å². The maximum atomic E-state index is 9.07. The molecule has 1 aliphatic rings. The first-order valence-corrected chi connectivity index (χ1v) is 6.84. The zero-order chi connectivity index (χ0) is 12.8.